The first-order valence-corrected chi connectivity index (χ1v) is 7.46. The number of nitrogens with one attached hydrogen (secondary N) is 3. The van der Waals surface area contributed by atoms with Gasteiger partial charge in [-0.3, -0.25) is 5.10 Å². The molecule has 0 aliphatic rings. The summed E-state index contributed by atoms with van der Waals surface area (Å²) in [6, 6.07) is 4.63. The van der Waals surface area contributed by atoms with Crippen LogP contribution < -0.4 is 15.4 Å². The molecule has 6 nitrogen and oxygen atoms in total. The number of rotatable bonds is 6. The van der Waals surface area contributed by atoms with Crippen LogP contribution in [0.5, 0.6) is 5.75 Å². The molecule has 3 N–H and O–H groups in total. The first-order chi connectivity index (χ1) is 10.6. The van der Waals surface area contributed by atoms with E-state index in [1.54, 1.807) is 30.6 Å². The summed E-state index contributed by atoms with van der Waals surface area (Å²) >= 11 is 5.98. The Morgan fingerprint density at radius 1 is 1.50 bits per heavy atom. The highest BCUT2D eigenvalue weighted by atomic mass is 35.5. The summed E-state index contributed by atoms with van der Waals surface area (Å²) in [4.78, 5) is 12.1. The number of benzene rings is 1. The van der Waals surface area contributed by atoms with Crippen LogP contribution in [0.2, 0.25) is 5.02 Å². The number of halogens is 1. The van der Waals surface area contributed by atoms with Crippen molar-refractivity contribution in [2.24, 2.45) is 0 Å². The number of hydrogen-bond acceptors (Lipinski definition) is 3. The molecule has 0 fully saturated rings. The molecule has 1 aromatic carbocycles. The van der Waals surface area contributed by atoms with Crippen molar-refractivity contribution in [3.63, 3.8) is 0 Å². The lowest BCUT2D eigenvalue weighted by atomic mass is 10.2. The standard InChI is InChI=1S/C15H19ClN4O2/c1-3-6-22-14-5-4-12(16)7-13(14)20-15(21)19-10(2)11-8-17-18-9-11/h4-5,7-10H,3,6H2,1-2H3,(H,17,18)(H2,19,20,21). The molecule has 0 aliphatic carbocycles. The lowest BCUT2D eigenvalue weighted by Gasteiger charge is -2.15. The third kappa shape index (κ3) is 4.39. The molecular weight excluding hydrogens is 304 g/mol. The molecule has 0 saturated heterocycles. The van der Waals surface area contributed by atoms with Gasteiger partial charge < -0.3 is 15.4 Å². The van der Waals surface area contributed by atoms with Gasteiger partial charge in [0.15, 0.2) is 0 Å². The maximum Gasteiger partial charge on any atom is 0.319 e. The Bertz CT molecular complexity index is 616. The van der Waals surface area contributed by atoms with Crippen molar-refractivity contribution in [2.45, 2.75) is 26.3 Å². The van der Waals surface area contributed by atoms with Crippen LogP contribution in [0.1, 0.15) is 31.9 Å². The zero-order chi connectivity index (χ0) is 15.9. The molecule has 0 spiro atoms. The summed E-state index contributed by atoms with van der Waals surface area (Å²) in [5, 5.41) is 12.7. The van der Waals surface area contributed by atoms with E-state index in [0.29, 0.717) is 23.1 Å². The van der Waals surface area contributed by atoms with Crippen LogP contribution >= 0.6 is 11.6 Å². The number of anilines is 1. The molecule has 1 unspecified atom stereocenters. The zero-order valence-corrected chi connectivity index (χ0v) is 13.3. The monoisotopic (exact) mass is 322 g/mol. The van der Waals surface area contributed by atoms with Crippen molar-refractivity contribution in [1.29, 1.82) is 0 Å². The average molecular weight is 323 g/mol. The second-order valence-corrected chi connectivity index (χ2v) is 5.28. The quantitative estimate of drug-likeness (QED) is 0.758. The van der Waals surface area contributed by atoms with Gasteiger partial charge >= 0.3 is 6.03 Å². The van der Waals surface area contributed by atoms with Gasteiger partial charge in [-0.15, -0.1) is 0 Å². The van der Waals surface area contributed by atoms with Crippen LogP contribution in [0.3, 0.4) is 0 Å². The molecule has 0 aliphatic heterocycles. The number of aromatic amines is 1. The Kier molecular flexibility index (Phi) is 5.66. The van der Waals surface area contributed by atoms with Crippen molar-refractivity contribution in [2.75, 3.05) is 11.9 Å². The van der Waals surface area contributed by atoms with Gasteiger partial charge in [-0.2, -0.15) is 5.10 Å². The van der Waals surface area contributed by atoms with E-state index in [4.69, 9.17) is 16.3 Å². The van der Waals surface area contributed by atoms with Crippen LogP contribution in [0.25, 0.3) is 0 Å². The third-order valence-corrected chi connectivity index (χ3v) is 3.25. The van der Waals surface area contributed by atoms with Crippen LogP contribution in [0.4, 0.5) is 10.5 Å². The number of hydrogen-bond donors (Lipinski definition) is 3. The molecular formula is C15H19ClN4O2. The summed E-state index contributed by atoms with van der Waals surface area (Å²) in [5.41, 5.74) is 1.43. The van der Waals surface area contributed by atoms with E-state index >= 15 is 0 Å². The topological polar surface area (TPSA) is 79.0 Å². The summed E-state index contributed by atoms with van der Waals surface area (Å²) in [7, 11) is 0. The van der Waals surface area contributed by atoms with Gasteiger partial charge in [0.1, 0.15) is 5.75 Å². The van der Waals surface area contributed by atoms with Gasteiger partial charge in [-0.25, -0.2) is 4.79 Å². The average Bonchev–Trinajstić information content (AvgIpc) is 3.00. The molecule has 118 valence electrons. The second-order valence-electron chi connectivity index (χ2n) is 4.84. The van der Waals surface area contributed by atoms with Gasteiger partial charge in [0.05, 0.1) is 24.5 Å². The van der Waals surface area contributed by atoms with Crippen LogP contribution in [0, 0.1) is 0 Å². The normalized spacial score (nSPS) is 11.8. The zero-order valence-electron chi connectivity index (χ0n) is 12.5. The van der Waals surface area contributed by atoms with Gasteiger partial charge in [0, 0.05) is 16.8 Å². The van der Waals surface area contributed by atoms with Gasteiger partial charge in [0.2, 0.25) is 0 Å². The fourth-order valence-corrected chi connectivity index (χ4v) is 2.05. The Morgan fingerprint density at radius 2 is 2.32 bits per heavy atom. The number of H-pyrrole nitrogens is 1. The molecule has 1 aromatic heterocycles. The number of amides is 2. The lowest BCUT2D eigenvalue weighted by Crippen LogP contribution is -2.31. The number of ether oxygens (including phenoxy) is 1. The summed E-state index contributed by atoms with van der Waals surface area (Å²) in [6.45, 7) is 4.46. The number of aromatic nitrogens is 2. The highest BCUT2D eigenvalue weighted by molar-refractivity contribution is 6.31. The molecule has 7 heteroatoms. The predicted octanol–water partition coefficient (Wildman–Crippen LogP) is 3.73. The predicted molar refractivity (Wildman–Crippen MR) is 86.4 cm³/mol. The molecule has 1 heterocycles. The third-order valence-electron chi connectivity index (χ3n) is 3.02. The van der Waals surface area contributed by atoms with Crippen LogP contribution in [-0.2, 0) is 0 Å². The van der Waals surface area contributed by atoms with Gasteiger partial charge in [-0.05, 0) is 31.5 Å². The Hall–Kier alpha value is -2.21. The minimum absolute atomic E-state index is 0.169. The molecule has 0 radical (unpaired) electrons. The summed E-state index contributed by atoms with van der Waals surface area (Å²) < 4.78 is 5.60. The van der Waals surface area contributed by atoms with E-state index in [0.717, 1.165) is 12.0 Å². The van der Waals surface area contributed by atoms with Crippen molar-refractivity contribution < 1.29 is 9.53 Å². The summed E-state index contributed by atoms with van der Waals surface area (Å²) in [6.07, 6.45) is 4.28. The lowest BCUT2D eigenvalue weighted by molar-refractivity contribution is 0.249. The van der Waals surface area contributed by atoms with Crippen LogP contribution in [0.15, 0.2) is 30.6 Å². The van der Waals surface area contributed by atoms with E-state index in [9.17, 15) is 4.79 Å². The Labute approximate surface area is 134 Å². The van der Waals surface area contributed by atoms with Crippen molar-refractivity contribution >= 4 is 23.3 Å². The minimum atomic E-state index is -0.336. The highest BCUT2D eigenvalue weighted by Gasteiger charge is 2.13. The number of carbonyl (C=O) groups excluding carboxylic acids is 1. The molecule has 22 heavy (non-hydrogen) atoms. The molecule has 0 saturated carbocycles. The molecule has 1 atom stereocenters. The first kappa shape index (κ1) is 16.2. The van der Waals surface area contributed by atoms with Crippen molar-refractivity contribution in [3.05, 3.63) is 41.2 Å². The Morgan fingerprint density at radius 3 is 3.00 bits per heavy atom. The van der Waals surface area contributed by atoms with Gasteiger partial charge in [0.25, 0.3) is 0 Å². The molecule has 2 aromatic rings. The van der Waals surface area contributed by atoms with Crippen molar-refractivity contribution in [3.8, 4) is 5.75 Å². The molecule has 2 amide bonds. The summed E-state index contributed by atoms with van der Waals surface area (Å²) in [5.74, 6) is 0.595. The van der Waals surface area contributed by atoms with E-state index in [1.165, 1.54) is 0 Å². The maximum atomic E-state index is 12.1. The first-order valence-electron chi connectivity index (χ1n) is 7.08. The van der Waals surface area contributed by atoms with E-state index in [1.807, 2.05) is 13.8 Å². The van der Waals surface area contributed by atoms with E-state index < -0.39 is 0 Å². The SMILES string of the molecule is CCCOc1ccc(Cl)cc1NC(=O)NC(C)c1cn[nH]c1. The maximum absolute atomic E-state index is 12.1. The number of carbonyl (C=O) groups is 1. The number of nitrogens with zero attached hydrogens (tertiary/aromatic N) is 1. The van der Waals surface area contributed by atoms with Crippen LogP contribution in [-0.4, -0.2) is 22.8 Å². The van der Waals surface area contributed by atoms with Crippen molar-refractivity contribution in [1.82, 2.24) is 15.5 Å². The fourth-order valence-electron chi connectivity index (χ4n) is 1.87. The smallest absolute Gasteiger partial charge is 0.319 e. The second kappa shape index (κ2) is 7.70. The fraction of sp³-hybridized carbons (Fsp3) is 0.333. The largest absolute Gasteiger partial charge is 0.491 e. The van der Waals surface area contributed by atoms with E-state index in [-0.39, 0.29) is 12.1 Å². The Balaban J connectivity index is 2.02. The minimum Gasteiger partial charge on any atom is -0.491 e. The number of urea groups is 1. The highest BCUT2D eigenvalue weighted by Crippen LogP contribution is 2.28. The van der Waals surface area contributed by atoms with E-state index in [2.05, 4.69) is 20.8 Å². The molecule has 0 bridgehead atoms. The molecule has 2 rings (SSSR count). The van der Waals surface area contributed by atoms with Gasteiger partial charge in [-0.1, -0.05) is 18.5 Å².